The van der Waals surface area contributed by atoms with Crippen LogP contribution in [0, 0.1) is 0 Å². The predicted molar refractivity (Wildman–Crippen MR) is 74.5 cm³/mol. The van der Waals surface area contributed by atoms with E-state index >= 15 is 0 Å². The molecule has 0 spiro atoms. The van der Waals surface area contributed by atoms with E-state index < -0.39 is 18.9 Å². The first-order valence-corrected chi connectivity index (χ1v) is 7.15. The molecule has 0 saturated carbocycles. The molecular formula is C11H10Br2ClF2NO. The number of carbonyl (C=O) groups is 1. The first kappa shape index (κ1) is 15.9. The average molecular weight is 405 g/mol. The van der Waals surface area contributed by atoms with Crippen molar-refractivity contribution in [1.82, 2.24) is 4.90 Å². The van der Waals surface area contributed by atoms with Gasteiger partial charge in [0.1, 0.15) is 0 Å². The Kier molecular flexibility index (Phi) is 6.52. The Labute approximate surface area is 126 Å². The Hall–Kier alpha value is -0.200. The van der Waals surface area contributed by atoms with Gasteiger partial charge >= 0.3 is 0 Å². The summed E-state index contributed by atoms with van der Waals surface area (Å²) in [7, 11) is 0. The Bertz CT molecular complexity index is 411. The molecule has 0 aliphatic heterocycles. The van der Waals surface area contributed by atoms with Crippen molar-refractivity contribution in [2.45, 2.75) is 6.43 Å². The summed E-state index contributed by atoms with van der Waals surface area (Å²) in [6.45, 7) is -0.523. The van der Waals surface area contributed by atoms with Gasteiger partial charge in [-0.25, -0.2) is 8.78 Å². The number of carbonyl (C=O) groups excluding carboxylic acids is 1. The lowest BCUT2D eigenvalue weighted by molar-refractivity contribution is 0.0571. The number of hydrogen-bond donors (Lipinski definition) is 0. The molecule has 1 aromatic carbocycles. The maximum Gasteiger partial charge on any atom is 0.255 e. The van der Waals surface area contributed by atoms with Crippen LogP contribution in [0.4, 0.5) is 8.78 Å². The minimum atomic E-state index is -2.58. The SMILES string of the molecule is O=C(c1cc(Br)cc(Br)c1)N(CCCl)CC(F)F. The zero-order valence-electron chi connectivity index (χ0n) is 9.18. The summed E-state index contributed by atoms with van der Waals surface area (Å²) in [5.74, 6) is -0.342. The lowest BCUT2D eigenvalue weighted by Gasteiger charge is -2.21. The standard InChI is InChI=1S/C11H10Br2ClF2NO/c12-8-3-7(4-9(13)5-8)11(18)17(2-1-14)6-10(15)16/h3-5,10H,1-2,6H2. The van der Waals surface area contributed by atoms with Crippen LogP contribution in [0.5, 0.6) is 0 Å². The van der Waals surface area contributed by atoms with Crippen LogP contribution in [-0.4, -0.2) is 36.2 Å². The molecular weight excluding hydrogens is 395 g/mol. The first-order valence-electron chi connectivity index (χ1n) is 5.03. The van der Waals surface area contributed by atoms with Crippen LogP contribution in [0.2, 0.25) is 0 Å². The zero-order chi connectivity index (χ0) is 13.7. The van der Waals surface area contributed by atoms with E-state index in [1.54, 1.807) is 18.2 Å². The van der Waals surface area contributed by atoms with Gasteiger partial charge in [-0.3, -0.25) is 4.79 Å². The quantitative estimate of drug-likeness (QED) is 0.674. The molecule has 0 aliphatic carbocycles. The van der Waals surface area contributed by atoms with Crippen LogP contribution >= 0.6 is 43.5 Å². The van der Waals surface area contributed by atoms with Gasteiger partial charge in [-0.15, -0.1) is 11.6 Å². The topological polar surface area (TPSA) is 20.3 Å². The monoisotopic (exact) mass is 403 g/mol. The van der Waals surface area contributed by atoms with Gasteiger partial charge in [0.05, 0.1) is 6.54 Å². The molecule has 0 atom stereocenters. The Balaban J connectivity index is 2.93. The van der Waals surface area contributed by atoms with Crippen molar-refractivity contribution in [3.63, 3.8) is 0 Å². The third kappa shape index (κ3) is 4.82. The highest BCUT2D eigenvalue weighted by Gasteiger charge is 2.19. The van der Waals surface area contributed by atoms with Crippen molar-refractivity contribution in [3.8, 4) is 0 Å². The number of alkyl halides is 3. The maximum atomic E-state index is 12.4. The van der Waals surface area contributed by atoms with Gasteiger partial charge in [0.2, 0.25) is 0 Å². The fourth-order valence-electron chi connectivity index (χ4n) is 1.40. The second-order valence-corrected chi connectivity index (χ2v) is 5.70. The highest BCUT2D eigenvalue weighted by molar-refractivity contribution is 9.11. The molecule has 1 rings (SSSR count). The van der Waals surface area contributed by atoms with Crippen LogP contribution in [-0.2, 0) is 0 Å². The summed E-state index contributed by atoms with van der Waals surface area (Å²) >= 11 is 12.0. The largest absolute Gasteiger partial charge is 0.332 e. The van der Waals surface area contributed by atoms with E-state index in [1.807, 2.05) is 0 Å². The van der Waals surface area contributed by atoms with Gasteiger partial charge in [0, 0.05) is 26.9 Å². The molecule has 0 saturated heterocycles. The van der Waals surface area contributed by atoms with Gasteiger partial charge in [-0.2, -0.15) is 0 Å². The van der Waals surface area contributed by atoms with Crippen molar-refractivity contribution < 1.29 is 13.6 Å². The summed E-state index contributed by atoms with van der Waals surface area (Å²) in [4.78, 5) is 13.1. The molecule has 0 bridgehead atoms. The molecule has 1 aromatic rings. The fraction of sp³-hybridized carbons (Fsp3) is 0.364. The minimum Gasteiger partial charge on any atom is -0.332 e. The highest BCUT2D eigenvalue weighted by atomic mass is 79.9. The molecule has 0 heterocycles. The van der Waals surface area contributed by atoms with E-state index in [0.29, 0.717) is 14.5 Å². The lowest BCUT2D eigenvalue weighted by atomic mass is 10.2. The Morgan fingerprint density at radius 2 is 1.83 bits per heavy atom. The van der Waals surface area contributed by atoms with Crippen LogP contribution in [0.1, 0.15) is 10.4 Å². The highest BCUT2D eigenvalue weighted by Crippen LogP contribution is 2.21. The molecule has 7 heteroatoms. The third-order valence-corrected chi connectivity index (χ3v) is 3.19. The van der Waals surface area contributed by atoms with Crippen molar-refractivity contribution >= 4 is 49.4 Å². The minimum absolute atomic E-state index is 0.0921. The van der Waals surface area contributed by atoms with Crippen LogP contribution < -0.4 is 0 Å². The Morgan fingerprint density at radius 3 is 2.28 bits per heavy atom. The molecule has 0 unspecified atom stereocenters. The van der Waals surface area contributed by atoms with E-state index in [-0.39, 0.29) is 12.4 Å². The Morgan fingerprint density at radius 1 is 1.28 bits per heavy atom. The smallest absolute Gasteiger partial charge is 0.255 e. The van der Waals surface area contributed by atoms with Crippen LogP contribution in [0.15, 0.2) is 27.1 Å². The maximum absolute atomic E-state index is 12.4. The van der Waals surface area contributed by atoms with Crippen molar-refractivity contribution in [2.75, 3.05) is 19.0 Å². The van der Waals surface area contributed by atoms with E-state index in [2.05, 4.69) is 31.9 Å². The van der Waals surface area contributed by atoms with Gasteiger partial charge in [0.25, 0.3) is 12.3 Å². The van der Waals surface area contributed by atoms with E-state index in [0.717, 1.165) is 4.90 Å². The zero-order valence-corrected chi connectivity index (χ0v) is 13.1. The van der Waals surface area contributed by atoms with Gasteiger partial charge in [-0.05, 0) is 18.2 Å². The molecule has 0 aromatic heterocycles. The van der Waals surface area contributed by atoms with Crippen molar-refractivity contribution in [3.05, 3.63) is 32.7 Å². The number of benzene rings is 1. The second-order valence-electron chi connectivity index (χ2n) is 3.49. The van der Waals surface area contributed by atoms with Crippen molar-refractivity contribution in [2.24, 2.45) is 0 Å². The number of nitrogens with zero attached hydrogens (tertiary/aromatic N) is 1. The first-order chi connectivity index (χ1) is 8.43. The molecule has 1 amide bonds. The number of hydrogen-bond acceptors (Lipinski definition) is 1. The predicted octanol–water partition coefficient (Wildman–Crippen LogP) is 4.16. The van der Waals surface area contributed by atoms with Crippen LogP contribution in [0.3, 0.4) is 0 Å². The third-order valence-electron chi connectivity index (χ3n) is 2.11. The molecule has 0 N–H and O–H groups in total. The average Bonchev–Trinajstić information content (AvgIpc) is 2.25. The fourth-order valence-corrected chi connectivity index (χ4v) is 2.90. The summed E-state index contributed by atoms with van der Waals surface area (Å²) < 4.78 is 26.2. The number of halogens is 5. The van der Waals surface area contributed by atoms with E-state index in [9.17, 15) is 13.6 Å². The molecule has 18 heavy (non-hydrogen) atoms. The summed E-state index contributed by atoms with van der Waals surface area (Å²) in [5, 5.41) is 0. The second kappa shape index (κ2) is 7.40. The molecule has 100 valence electrons. The van der Waals surface area contributed by atoms with Crippen molar-refractivity contribution in [1.29, 1.82) is 0 Å². The van der Waals surface area contributed by atoms with Gasteiger partial charge < -0.3 is 4.90 Å². The normalized spacial score (nSPS) is 10.8. The number of rotatable bonds is 5. The molecule has 0 radical (unpaired) electrons. The molecule has 0 fully saturated rings. The van der Waals surface area contributed by atoms with Gasteiger partial charge in [-0.1, -0.05) is 31.9 Å². The molecule has 2 nitrogen and oxygen atoms in total. The van der Waals surface area contributed by atoms with Gasteiger partial charge in [0.15, 0.2) is 0 Å². The molecule has 0 aliphatic rings. The summed E-state index contributed by atoms with van der Waals surface area (Å²) in [6, 6.07) is 4.93. The lowest BCUT2D eigenvalue weighted by Crippen LogP contribution is -2.36. The van der Waals surface area contributed by atoms with Crippen LogP contribution in [0.25, 0.3) is 0 Å². The number of amides is 1. The van der Waals surface area contributed by atoms with E-state index in [1.165, 1.54) is 0 Å². The summed E-state index contributed by atoms with van der Waals surface area (Å²) in [6.07, 6.45) is -2.58. The van der Waals surface area contributed by atoms with E-state index in [4.69, 9.17) is 11.6 Å². The summed E-state index contributed by atoms with van der Waals surface area (Å²) in [5.41, 5.74) is 0.335.